The number of rotatable bonds is 6. The van der Waals surface area contributed by atoms with Gasteiger partial charge in [-0.25, -0.2) is 19.0 Å². The van der Waals surface area contributed by atoms with Crippen LogP contribution in [0.4, 0.5) is 26.8 Å². The Kier molecular flexibility index (Phi) is 9.09. The van der Waals surface area contributed by atoms with E-state index >= 15 is 0 Å². The molecule has 1 saturated heterocycles. The average Bonchev–Trinajstić information content (AvgIpc) is 3.39. The predicted octanol–water partition coefficient (Wildman–Crippen LogP) is 6.80. The van der Waals surface area contributed by atoms with Crippen molar-refractivity contribution in [1.82, 2.24) is 14.5 Å². The molecule has 230 valence electrons. The predicted molar refractivity (Wildman–Crippen MR) is 165 cm³/mol. The second-order valence-electron chi connectivity index (χ2n) is 12.6. The fraction of sp³-hybridized carbons (Fsp3) is 0.500. The first-order valence-electron chi connectivity index (χ1n) is 14.6. The van der Waals surface area contributed by atoms with Crippen LogP contribution in [0.5, 0.6) is 5.75 Å². The van der Waals surface area contributed by atoms with Gasteiger partial charge in [0.2, 0.25) is 0 Å². The molecule has 3 aromatic rings. The third-order valence-corrected chi connectivity index (χ3v) is 6.79. The minimum absolute atomic E-state index is 0.147. The van der Waals surface area contributed by atoms with Gasteiger partial charge in [-0.15, -0.1) is 0 Å². The van der Waals surface area contributed by atoms with Crippen molar-refractivity contribution in [2.24, 2.45) is 0 Å². The first kappa shape index (κ1) is 31.5. The highest BCUT2D eigenvalue weighted by Gasteiger charge is 2.33. The summed E-state index contributed by atoms with van der Waals surface area (Å²) < 4.78 is 18.7. The Morgan fingerprint density at radius 1 is 1.09 bits per heavy atom. The van der Waals surface area contributed by atoms with Gasteiger partial charge in [-0.2, -0.15) is 10.4 Å². The summed E-state index contributed by atoms with van der Waals surface area (Å²) in [5.74, 6) is 1.10. The molecule has 11 heteroatoms. The normalized spacial score (nSPS) is 15.5. The van der Waals surface area contributed by atoms with Crippen molar-refractivity contribution in [2.75, 3.05) is 29.9 Å². The van der Waals surface area contributed by atoms with Crippen LogP contribution in [0.3, 0.4) is 0 Å². The lowest BCUT2D eigenvalue weighted by Gasteiger charge is -2.35. The molecule has 2 amide bonds. The van der Waals surface area contributed by atoms with Gasteiger partial charge in [-0.05, 0) is 98.6 Å². The van der Waals surface area contributed by atoms with Gasteiger partial charge in [0.25, 0.3) is 0 Å². The number of nitriles is 1. The maximum Gasteiger partial charge on any atom is 0.420 e. The zero-order valence-electron chi connectivity index (χ0n) is 26.4. The molecule has 11 nitrogen and oxygen atoms in total. The van der Waals surface area contributed by atoms with Crippen LogP contribution in [0.25, 0.3) is 5.52 Å². The number of fused-ring (bicyclic) bond motifs is 1. The fourth-order valence-corrected chi connectivity index (χ4v) is 5.07. The van der Waals surface area contributed by atoms with Crippen LogP contribution in [-0.4, -0.2) is 63.6 Å². The Balaban J connectivity index is 1.81. The summed E-state index contributed by atoms with van der Waals surface area (Å²) in [5, 5.41) is 18.4. The van der Waals surface area contributed by atoms with E-state index in [4.69, 9.17) is 14.2 Å². The SMILES string of the molecule is CCOc1ccc(N(C(=O)OC(C)(C)C)c2c(C)c(N[C@H]3CCCN(C(=O)OC(C)(C)C)C3)c(C#N)c3ccnn23)cc1. The van der Waals surface area contributed by atoms with Crippen LogP contribution in [0, 0.1) is 18.3 Å². The Morgan fingerprint density at radius 2 is 1.77 bits per heavy atom. The number of carbonyl (C=O) groups is 2. The summed E-state index contributed by atoms with van der Waals surface area (Å²) in [6.45, 7) is 16.2. The molecule has 0 saturated carbocycles. The van der Waals surface area contributed by atoms with E-state index in [9.17, 15) is 14.9 Å². The van der Waals surface area contributed by atoms with Crippen molar-refractivity contribution in [2.45, 2.75) is 85.5 Å². The van der Waals surface area contributed by atoms with E-state index in [0.717, 1.165) is 12.8 Å². The summed E-state index contributed by atoms with van der Waals surface area (Å²) in [6.07, 6.45) is 2.20. The van der Waals surface area contributed by atoms with Crippen molar-refractivity contribution < 1.29 is 23.8 Å². The monoisotopic (exact) mass is 590 g/mol. The molecule has 4 rings (SSSR count). The van der Waals surface area contributed by atoms with Crippen LogP contribution in [0.1, 0.15) is 72.4 Å². The van der Waals surface area contributed by atoms with Gasteiger partial charge in [0.15, 0.2) is 0 Å². The average molecular weight is 591 g/mol. The van der Waals surface area contributed by atoms with Crippen LogP contribution >= 0.6 is 0 Å². The maximum absolute atomic E-state index is 13.9. The number of ether oxygens (including phenoxy) is 3. The van der Waals surface area contributed by atoms with E-state index < -0.39 is 17.3 Å². The molecule has 1 aliphatic rings. The van der Waals surface area contributed by atoms with E-state index in [1.54, 1.807) is 45.9 Å². The summed E-state index contributed by atoms with van der Waals surface area (Å²) >= 11 is 0. The lowest BCUT2D eigenvalue weighted by Crippen LogP contribution is -2.47. The van der Waals surface area contributed by atoms with E-state index in [-0.39, 0.29) is 12.1 Å². The van der Waals surface area contributed by atoms with Crippen LogP contribution < -0.4 is 15.0 Å². The summed E-state index contributed by atoms with van der Waals surface area (Å²) in [7, 11) is 0. The highest BCUT2D eigenvalue weighted by atomic mass is 16.6. The number of nitrogens with zero attached hydrogens (tertiary/aromatic N) is 5. The smallest absolute Gasteiger partial charge is 0.420 e. The third kappa shape index (κ3) is 7.31. The van der Waals surface area contributed by atoms with E-state index in [1.165, 1.54) is 4.90 Å². The number of amides is 2. The van der Waals surface area contributed by atoms with Gasteiger partial charge in [0, 0.05) is 24.7 Å². The second-order valence-corrected chi connectivity index (χ2v) is 12.6. The van der Waals surface area contributed by atoms with Crippen LogP contribution in [-0.2, 0) is 9.47 Å². The van der Waals surface area contributed by atoms with Crippen molar-refractivity contribution in [3.63, 3.8) is 0 Å². The molecule has 0 spiro atoms. The van der Waals surface area contributed by atoms with E-state index in [2.05, 4.69) is 16.5 Å². The number of benzene rings is 1. The van der Waals surface area contributed by atoms with E-state index in [1.807, 2.05) is 55.4 Å². The molecule has 1 aliphatic heterocycles. The molecule has 1 aromatic carbocycles. The Morgan fingerprint density at radius 3 is 2.37 bits per heavy atom. The second kappa shape index (κ2) is 12.4. The first-order valence-corrected chi connectivity index (χ1v) is 14.6. The van der Waals surface area contributed by atoms with Gasteiger partial charge in [0.05, 0.1) is 29.7 Å². The number of carbonyl (C=O) groups excluding carboxylic acids is 2. The number of hydrogen-bond acceptors (Lipinski definition) is 8. The molecule has 0 aliphatic carbocycles. The number of likely N-dealkylation sites (tertiary alicyclic amines) is 1. The molecule has 1 atom stereocenters. The van der Waals surface area contributed by atoms with Gasteiger partial charge in [-0.1, -0.05) is 0 Å². The molecule has 3 heterocycles. The van der Waals surface area contributed by atoms with Gasteiger partial charge in [-0.3, -0.25) is 0 Å². The van der Waals surface area contributed by atoms with Gasteiger partial charge >= 0.3 is 12.2 Å². The molecular weight excluding hydrogens is 548 g/mol. The largest absolute Gasteiger partial charge is 0.494 e. The van der Waals surface area contributed by atoms with Crippen LogP contribution in [0.15, 0.2) is 36.5 Å². The maximum atomic E-state index is 13.9. The Labute approximate surface area is 253 Å². The Bertz CT molecular complexity index is 1510. The number of hydrogen-bond donors (Lipinski definition) is 1. The van der Waals surface area contributed by atoms with Crippen molar-refractivity contribution in [1.29, 1.82) is 5.26 Å². The zero-order valence-corrected chi connectivity index (χ0v) is 26.4. The fourth-order valence-electron chi connectivity index (χ4n) is 5.07. The highest BCUT2D eigenvalue weighted by Crippen LogP contribution is 2.38. The zero-order chi connectivity index (χ0) is 31.5. The lowest BCUT2D eigenvalue weighted by atomic mass is 10.0. The number of nitrogens with one attached hydrogen (secondary N) is 1. The molecule has 0 unspecified atom stereocenters. The quantitative estimate of drug-likeness (QED) is 0.333. The number of anilines is 3. The minimum Gasteiger partial charge on any atom is -0.494 e. The number of piperidine rings is 1. The molecule has 2 aromatic heterocycles. The molecular formula is C32H42N6O5. The molecule has 0 bridgehead atoms. The highest BCUT2D eigenvalue weighted by molar-refractivity contribution is 5.98. The van der Waals surface area contributed by atoms with Crippen LogP contribution in [0.2, 0.25) is 0 Å². The van der Waals surface area contributed by atoms with E-state index in [0.29, 0.717) is 59.3 Å². The van der Waals surface area contributed by atoms with Crippen molar-refractivity contribution in [3.8, 4) is 11.8 Å². The number of pyridine rings is 1. The third-order valence-electron chi connectivity index (χ3n) is 6.79. The lowest BCUT2D eigenvalue weighted by molar-refractivity contribution is 0.0206. The van der Waals surface area contributed by atoms with Crippen molar-refractivity contribution in [3.05, 3.63) is 47.7 Å². The standard InChI is InChI=1S/C32H42N6O5/c1-9-41-24-14-12-23(13-15-24)37(30(40)43-32(6,7)8)28-21(2)27(25(19-33)26-16-17-34-38(26)28)35-22-11-10-18-36(20-22)29(39)42-31(3,4)5/h12-17,22,35H,9-11,18,20H2,1-8H3/t22-/m0/s1. The molecule has 0 radical (unpaired) electrons. The topological polar surface area (TPSA) is 121 Å². The molecule has 43 heavy (non-hydrogen) atoms. The Hall–Kier alpha value is -4.46. The minimum atomic E-state index is -0.765. The van der Waals surface area contributed by atoms with Gasteiger partial charge < -0.3 is 24.4 Å². The van der Waals surface area contributed by atoms with Gasteiger partial charge in [0.1, 0.15) is 34.4 Å². The summed E-state index contributed by atoms with van der Waals surface area (Å²) in [4.78, 5) is 29.9. The number of aromatic nitrogens is 2. The first-order chi connectivity index (χ1) is 20.2. The summed E-state index contributed by atoms with van der Waals surface area (Å²) in [5.41, 5.74) is 1.30. The molecule has 1 N–H and O–H groups in total. The summed E-state index contributed by atoms with van der Waals surface area (Å²) in [6, 6.07) is 11.1. The van der Waals surface area contributed by atoms with Crippen molar-refractivity contribution >= 4 is 34.9 Å². The molecule has 1 fully saturated rings.